The molecule has 0 fully saturated rings. The molecule has 1 aliphatic heterocycles. The molecular weight excluding hydrogens is 400 g/mol. The van der Waals surface area contributed by atoms with E-state index in [1.165, 1.54) is 41.3 Å². The fraction of sp³-hybridized carbons (Fsp3) is 0.312. The van der Waals surface area contributed by atoms with Gasteiger partial charge in [0.1, 0.15) is 10.7 Å². The molecule has 4 rings (SSSR count). The minimum atomic E-state index is -0.345. The number of carbonyl (C=O) groups excluding carboxylic acids is 2. The van der Waals surface area contributed by atoms with Gasteiger partial charge in [0.2, 0.25) is 11.0 Å². The van der Waals surface area contributed by atoms with Crippen molar-refractivity contribution in [3.8, 4) is 0 Å². The normalized spacial score (nSPS) is 13.8. The maximum atomic E-state index is 12.2. The Kier molecular flexibility index (Phi) is 5.32. The summed E-state index contributed by atoms with van der Waals surface area (Å²) in [6.07, 6.45) is 5.10. The van der Waals surface area contributed by atoms with Gasteiger partial charge in [0, 0.05) is 36.8 Å². The quantitative estimate of drug-likeness (QED) is 0.638. The Bertz CT molecular complexity index is 1000. The van der Waals surface area contributed by atoms with Crippen LogP contribution in [0.1, 0.15) is 26.1 Å². The smallest absolute Gasteiger partial charge is 0.277 e. The second-order valence-electron chi connectivity index (χ2n) is 6.07. The van der Waals surface area contributed by atoms with Gasteiger partial charge in [-0.1, -0.05) is 11.3 Å². The van der Waals surface area contributed by atoms with Crippen LogP contribution in [0.3, 0.4) is 0 Å². The van der Waals surface area contributed by atoms with E-state index < -0.39 is 0 Å². The van der Waals surface area contributed by atoms with E-state index in [1.54, 1.807) is 0 Å². The van der Waals surface area contributed by atoms with Gasteiger partial charge in [-0.2, -0.15) is 0 Å². The molecule has 10 nitrogen and oxygen atoms in total. The highest BCUT2D eigenvalue weighted by Gasteiger charge is 2.23. The molecule has 28 heavy (non-hydrogen) atoms. The number of anilines is 2. The first-order chi connectivity index (χ1) is 13.6. The van der Waals surface area contributed by atoms with Gasteiger partial charge in [-0.05, 0) is 6.92 Å². The van der Waals surface area contributed by atoms with Crippen molar-refractivity contribution < 1.29 is 9.59 Å². The van der Waals surface area contributed by atoms with Crippen LogP contribution in [0.4, 0.5) is 10.3 Å². The number of carbonyl (C=O) groups is 2. The molecule has 3 aromatic rings. The summed E-state index contributed by atoms with van der Waals surface area (Å²) in [6, 6.07) is 0. The minimum Gasteiger partial charge on any atom is -0.299 e. The van der Waals surface area contributed by atoms with Crippen LogP contribution >= 0.6 is 22.7 Å². The highest BCUT2D eigenvalue weighted by atomic mass is 32.1. The van der Waals surface area contributed by atoms with Gasteiger partial charge in [0.05, 0.1) is 18.4 Å². The summed E-state index contributed by atoms with van der Waals surface area (Å²) in [5.41, 5.74) is 1.19. The summed E-state index contributed by atoms with van der Waals surface area (Å²) >= 11 is 2.75. The number of rotatable bonds is 5. The van der Waals surface area contributed by atoms with Crippen molar-refractivity contribution in [2.75, 3.05) is 23.7 Å². The Balaban J connectivity index is 1.35. The van der Waals surface area contributed by atoms with Crippen molar-refractivity contribution in [2.24, 2.45) is 0 Å². The number of amides is 2. The Labute approximate surface area is 168 Å². The predicted octanol–water partition coefficient (Wildman–Crippen LogP) is 1.34. The standard InChI is InChI=1S/C16H16N8O2S2/c1-9-22-23-16(27-9)20-13(25)8-24-5-2-10-12(7-24)28-15(19-10)21-14(26)11-6-17-3-4-18-11/h3-4,6H,2,5,7-8H2,1H3,(H,19,21,26)(H,20,23,25). The second kappa shape index (κ2) is 8.04. The average molecular weight is 416 g/mol. The van der Waals surface area contributed by atoms with E-state index in [0.717, 1.165) is 28.5 Å². The van der Waals surface area contributed by atoms with Crippen molar-refractivity contribution >= 4 is 44.8 Å². The van der Waals surface area contributed by atoms with Crippen LogP contribution in [-0.4, -0.2) is 55.0 Å². The van der Waals surface area contributed by atoms with Crippen LogP contribution in [0.25, 0.3) is 0 Å². The zero-order chi connectivity index (χ0) is 19.5. The Morgan fingerprint density at radius 3 is 2.82 bits per heavy atom. The Morgan fingerprint density at radius 1 is 1.18 bits per heavy atom. The summed E-state index contributed by atoms with van der Waals surface area (Å²) in [7, 11) is 0. The number of fused-ring (bicyclic) bond motifs is 1. The number of thiazole rings is 1. The molecule has 4 heterocycles. The molecule has 0 atom stereocenters. The lowest BCUT2D eigenvalue weighted by atomic mass is 10.2. The molecule has 2 amide bonds. The molecule has 0 bridgehead atoms. The zero-order valence-corrected chi connectivity index (χ0v) is 16.5. The summed E-state index contributed by atoms with van der Waals surface area (Å²) in [5, 5.41) is 15.1. The van der Waals surface area contributed by atoms with Crippen LogP contribution in [0.2, 0.25) is 0 Å². The lowest BCUT2D eigenvalue weighted by molar-refractivity contribution is -0.117. The van der Waals surface area contributed by atoms with E-state index in [9.17, 15) is 9.59 Å². The lowest BCUT2D eigenvalue weighted by Crippen LogP contribution is -2.36. The van der Waals surface area contributed by atoms with Crippen LogP contribution in [0, 0.1) is 6.92 Å². The van der Waals surface area contributed by atoms with Crippen molar-refractivity contribution in [1.82, 2.24) is 30.0 Å². The van der Waals surface area contributed by atoms with Crippen LogP contribution < -0.4 is 10.6 Å². The molecule has 0 saturated carbocycles. The Hall–Kier alpha value is -2.83. The largest absolute Gasteiger partial charge is 0.299 e. The third-order valence-corrected chi connectivity index (χ3v) is 5.72. The Morgan fingerprint density at radius 2 is 2.07 bits per heavy atom. The fourth-order valence-corrected chi connectivity index (χ4v) is 4.38. The van der Waals surface area contributed by atoms with Gasteiger partial charge in [-0.15, -0.1) is 21.5 Å². The van der Waals surface area contributed by atoms with Gasteiger partial charge in [0.15, 0.2) is 5.13 Å². The highest BCUT2D eigenvalue weighted by molar-refractivity contribution is 7.16. The van der Waals surface area contributed by atoms with Crippen LogP contribution in [0.5, 0.6) is 0 Å². The van der Waals surface area contributed by atoms with Crippen molar-refractivity contribution in [2.45, 2.75) is 19.9 Å². The van der Waals surface area contributed by atoms with E-state index >= 15 is 0 Å². The van der Waals surface area contributed by atoms with Gasteiger partial charge in [-0.25, -0.2) is 9.97 Å². The molecule has 0 aromatic carbocycles. The van der Waals surface area contributed by atoms with E-state index in [4.69, 9.17) is 0 Å². The molecule has 2 N–H and O–H groups in total. The molecule has 1 aliphatic rings. The number of hydrogen-bond donors (Lipinski definition) is 2. The van der Waals surface area contributed by atoms with Crippen molar-refractivity contribution in [3.63, 3.8) is 0 Å². The van der Waals surface area contributed by atoms with E-state index in [0.29, 0.717) is 16.8 Å². The molecule has 0 saturated heterocycles. The minimum absolute atomic E-state index is 0.125. The van der Waals surface area contributed by atoms with E-state index in [1.807, 2.05) is 11.8 Å². The summed E-state index contributed by atoms with van der Waals surface area (Å²) in [6.45, 7) is 3.43. The van der Waals surface area contributed by atoms with Gasteiger partial charge in [-0.3, -0.25) is 30.1 Å². The maximum Gasteiger partial charge on any atom is 0.277 e. The summed E-state index contributed by atoms with van der Waals surface area (Å²) < 4.78 is 0. The van der Waals surface area contributed by atoms with Crippen LogP contribution in [-0.2, 0) is 17.8 Å². The van der Waals surface area contributed by atoms with Gasteiger partial charge >= 0.3 is 0 Å². The first-order valence-electron chi connectivity index (χ1n) is 8.45. The molecule has 3 aromatic heterocycles. The van der Waals surface area contributed by atoms with Gasteiger partial charge in [0.25, 0.3) is 5.91 Å². The van der Waals surface area contributed by atoms with Crippen LogP contribution in [0.15, 0.2) is 18.6 Å². The van der Waals surface area contributed by atoms with E-state index in [-0.39, 0.29) is 24.1 Å². The average Bonchev–Trinajstić information content (AvgIpc) is 3.27. The number of aromatic nitrogens is 5. The topological polar surface area (TPSA) is 126 Å². The lowest BCUT2D eigenvalue weighted by Gasteiger charge is -2.24. The number of hydrogen-bond acceptors (Lipinski definition) is 10. The summed E-state index contributed by atoms with van der Waals surface area (Å²) in [4.78, 5) is 39.8. The molecule has 12 heteroatoms. The van der Waals surface area contributed by atoms with Crippen molar-refractivity contribution in [1.29, 1.82) is 0 Å². The molecule has 0 spiro atoms. The third kappa shape index (κ3) is 4.35. The third-order valence-electron chi connectivity index (χ3n) is 3.97. The summed E-state index contributed by atoms with van der Waals surface area (Å²) in [5.74, 6) is -0.469. The van der Waals surface area contributed by atoms with Crippen molar-refractivity contribution in [3.05, 3.63) is 39.9 Å². The van der Waals surface area contributed by atoms with E-state index in [2.05, 4.69) is 35.8 Å². The van der Waals surface area contributed by atoms with Gasteiger partial charge < -0.3 is 0 Å². The number of nitrogens with one attached hydrogen (secondary N) is 2. The first-order valence-corrected chi connectivity index (χ1v) is 10.1. The molecule has 144 valence electrons. The maximum absolute atomic E-state index is 12.2. The SMILES string of the molecule is Cc1nnc(NC(=O)CN2CCc3nc(NC(=O)c4cnccn4)sc3C2)s1. The molecule has 0 aliphatic carbocycles. The fourth-order valence-electron chi connectivity index (χ4n) is 2.72. The monoisotopic (exact) mass is 416 g/mol. The predicted molar refractivity (Wildman–Crippen MR) is 104 cm³/mol. The first kappa shape index (κ1) is 18.5. The number of aryl methyl sites for hydroxylation is 1. The number of nitrogens with zero attached hydrogens (tertiary/aromatic N) is 6. The molecule has 0 radical (unpaired) electrons. The molecular formula is C16H16N8O2S2. The highest BCUT2D eigenvalue weighted by Crippen LogP contribution is 2.28. The zero-order valence-electron chi connectivity index (χ0n) is 14.9. The second-order valence-corrected chi connectivity index (χ2v) is 8.33. The molecule has 0 unspecified atom stereocenters.